The second-order valence-corrected chi connectivity index (χ2v) is 5.53. The van der Waals surface area contributed by atoms with E-state index in [9.17, 15) is 9.18 Å². The van der Waals surface area contributed by atoms with Crippen LogP contribution in [0, 0.1) is 5.82 Å². The normalized spacial score (nSPS) is 15.8. The van der Waals surface area contributed by atoms with Crippen LogP contribution in [0.25, 0.3) is 0 Å². The van der Waals surface area contributed by atoms with E-state index in [0.717, 1.165) is 18.7 Å². The zero-order valence-electron chi connectivity index (χ0n) is 12.4. The second kappa shape index (κ2) is 6.71. The smallest absolute Gasteiger partial charge is 0.253 e. The van der Waals surface area contributed by atoms with Gasteiger partial charge in [0.25, 0.3) is 5.91 Å². The van der Waals surface area contributed by atoms with Crippen LogP contribution in [0.2, 0.25) is 0 Å². The van der Waals surface area contributed by atoms with E-state index in [1.807, 2.05) is 47.4 Å². The lowest BCUT2D eigenvalue weighted by molar-refractivity contribution is 0.0627. The predicted molar refractivity (Wildman–Crippen MR) is 84.0 cm³/mol. The van der Waals surface area contributed by atoms with E-state index in [0.29, 0.717) is 25.2 Å². The van der Waals surface area contributed by atoms with Gasteiger partial charge in [0, 0.05) is 43.9 Å². The highest BCUT2D eigenvalue weighted by molar-refractivity contribution is 5.94. The van der Waals surface area contributed by atoms with Crippen molar-refractivity contribution >= 4 is 5.91 Å². The molecule has 0 saturated carbocycles. The molecule has 4 heteroatoms. The largest absolute Gasteiger partial charge is 0.336 e. The van der Waals surface area contributed by atoms with Gasteiger partial charge in [-0.2, -0.15) is 0 Å². The van der Waals surface area contributed by atoms with Crippen LogP contribution >= 0.6 is 0 Å². The van der Waals surface area contributed by atoms with E-state index in [-0.39, 0.29) is 11.7 Å². The van der Waals surface area contributed by atoms with Crippen LogP contribution in [0.4, 0.5) is 4.39 Å². The van der Waals surface area contributed by atoms with E-state index in [2.05, 4.69) is 4.90 Å². The standard InChI is InChI=1S/C18H19FN2O/c19-17-9-5-4-8-16(17)14-20-10-12-21(13-11-20)18(22)15-6-2-1-3-7-15/h1-9H,10-14H2. The minimum Gasteiger partial charge on any atom is -0.336 e. The van der Waals surface area contributed by atoms with Crippen molar-refractivity contribution in [3.05, 3.63) is 71.5 Å². The first-order valence-corrected chi connectivity index (χ1v) is 7.54. The maximum absolute atomic E-state index is 13.7. The number of piperazine rings is 1. The number of carbonyl (C=O) groups is 1. The van der Waals surface area contributed by atoms with Gasteiger partial charge in [0.2, 0.25) is 0 Å². The third-order valence-corrected chi connectivity index (χ3v) is 4.03. The average Bonchev–Trinajstić information content (AvgIpc) is 2.58. The van der Waals surface area contributed by atoms with Crippen molar-refractivity contribution in [3.63, 3.8) is 0 Å². The lowest BCUT2D eigenvalue weighted by atomic mass is 10.1. The molecule has 1 fully saturated rings. The number of hydrogen-bond donors (Lipinski definition) is 0. The summed E-state index contributed by atoms with van der Waals surface area (Å²) in [5.74, 6) is -0.0866. The van der Waals surface area contributed by atoms with Crippen molar-refractivity contribution < 1.29 is 9.18 Å². The van der Waals surface area contributed by atoms with E-state index >= 15 is 0 Å². The Hall–Kier alpha value is -2.20. The highest BCUT2D eigenvalue weighted by Gasteiger charge is 2.22. The van der Waals surface area contributed by atoms with Gasteiger partial charge in [0.15, 0.2) is 0 Å². The Balaban J connectivity index is 1.57. The van der Waals surface area contributed by atoms with Crippen molar-refractivity contribution in [2.75, 3.05) is 26.2 Å². The summed E-state index contributed by atoms with van der Waals surface area (Å²) in [7, 11) is 0. The molecule has 1 heterocycles. The third-order valence-electron chi connectivity index (χ3n) is 4.03. The molecule has 0 N–H and O–H groups in total. The summed E-state index contributed by atoms with van der Waals surface area (Å²) in [6.07, 6.45) is 0. The molecule has 114 valence electrons. The molecule has 0 aromatic heterocycles. The summed E-state index contributed by atoms with van der Waals surface area (Å²) >= 11 is 0. The fourth-order valence-corrected chi connectivity index (χ4v) is 2.74. The van der Waals surface area contributed by atoms with Crippen LogP contribution in [0.3, 0.4) is 0 Å². The lowest BCUT2D eigenvalue weighted by Crippen LogP contribution is -2.48. The molecule has 1 saturated heterocycles. The fourth-order valence-electron chi connectivity index (χ4n) is 2.74. The van der Waals surface area contributed by atoms with Crippen LogP contribution in [0.5, 0.6) is 0 Å². The van der Waals surface area contributed by atoms with Crippen molar-refractivity contribution in [2.45, 2.75) is 6.54 Å². The number of rotatable bonds is 3. The molecule has 1 aliphatic rings. The monoisotopic (exact) mass is 298 g/mol. The topological polar surface area (TPSA) is 23.6 Å². The van der Waals surface area contributed by atoms with Gasteiger partial charge in [-0.3, -0.25) is 9.69 Å². The summed E-state index contributed by atoms with van der Waals surface area (Å²) in [4.78, 5) is 16.4. The maximum Gasteiger partial charge on any atom is 0.253 e. The van der Waals surface area contributed by atoms with Crippen LogP contribution in [-0.2, 0) is 6.54 Å². The summed E-state index contributed by atoms with van der Waals surface area (Å²) in [5.41, 5.74) is 1.44. The summed E-state index contributed by atoms with van der Waals surface area (Å²) in [6, 6.07) is 16.2. The van der Waals surface area contributed by atoms with Gasteiger partial charge in [-0.25, -0.2) is 4.39 Å². The van der Waals surface area contributed by atoms with E-state index in [1.165, 1.54) is 6.07 Å². The Morgan fingerprint density at radius 3 is 2.23 bits per heavy atom. The zero-order chi connectivity index (χ0) is 15.4. The molecule has 0 aliphatic carbocycles. The number of halogens is 1. The van der Waals surface area contributed by atoms with Crippen LogP contribution in [-0.4, -0.2) is 41.9 Å². The second-order valence-electron chi connectivity index (χ2n) is 5.53. The van der Waals surface area contributed by atoms with E-state index in [1.54, 1.807) is 6.07 Å². The Bertz CT molecular complexity index is 637. The fraction of sp³-hybridized carbons (Fsp3) is 0.278. The molecular weight excluding hydrogens is 279 g/mol. The summed E-state index contributed by atoms with van der Waals surface area (Å²) < 4.78 is 13.7. The first-order chi connectivity index (χ1) is 10.7. The molecule has 0 bridgehead atoms. The number of benzene rings is 2. The van der Waals surface area contributed by atoms with Crippen LogP contribution < -0.4 is 0 Å². The Morgan fingerprint density at radius 2 is 1.55 bits per heavy atom. The van der Waals surface area contributed by atoms with E-state index in [4.69, 9.17) is 0 Å². The molecule has 3 rings (SSSR count). The van der Waals surface area contributed by atoms with Crippen LogP contribution in [0.1, 0.15) is 15.9 Å². The third kappa shape index (κ3) is 3.34. The summed E-state index contributed by atoms with van der Waals surface area (Å²) in [5, 5.41) is 0. The molecular formula is C18H19FN2O. The van der Waals surface area contributed by atoms with Gasteiger partial charge in [-0.1, -0.05) is 36.4 Å². The van der Waals surface area contributed by atoms with Gasteiger partial charge >= 0.3 is 0 Å². The van der Waals surface area contributed by atoms with Crippen molar-refractivity contribution in [1.82, 2.24) is 9.80 Å². The van der Waals surface area contributed by atoms with Gasteiger partial charge in [0.1, 0.15) is 5.82 Å². The molecule has 2 aromatic carbocycles. The first kappa shape index (κ1) is 14.7. The minimum absolute atomic E-state index is 0.0751. The molecule has 0 atom stereocenters. The Kier molecular flexibility index (Phi) is 4.49. The Labute approximate surface area is 130 Å². The molecule has 22 heavy (non-hydrogen) atoms. The maximum atomic E-state index is 13.7. The lowest BCUT2D eigenvalue weighted by Gasteiger charge is -2.34. The van der Waals surface area contributed by atoms with Crippen molar-refractivity contribution in [3.8, 4) is 0 Å². The highest BCUT2D eigenvalue weighted by atomic mass is 19.1. The number of nitrogens with zero attached hydrogens (tertiary/aromatic N) is 2. The summed E-state index contributed by atoms with van der Waals surface area (Å²) in [6.45, 7) is 3.50. The number of hydrogen-bond acceptors (Lipinski definition) is 2. The molecule has 1 amide bonds. The van der Waals surface area contributed by atoms with Gasteiger partial charge in [-0.05, 0) is 18.2 Å². The van der Waals surface area contributed by atoms with Gasteiger partial charge in [-0.15, -0.1) is 0 Å². The van der Waals surface area contributed by atoms with Gasteiger partial charge in [0.05, 0.1) is 0 Å². The molecule has 2 aromatic rings. The van der Waals surface area contributed by atoms with Crippen LogP contribution in [0.15, 0.2) is 54.6 Å². The predicted octanol–water partition coefficient (Wildman–Crippen LogP) is 2.78. The quantitative estimate of drug-likeness (QED) is 0.870. The highest BCUT2D eigenvalue weighted by Crippen LogP contribution is 2.13. The number of amides is 1. The molecule has 0 spiro atoms. The molecule has 0 radical (unpaired) electrons. The average molecular weight is 298 g/mol. The van der Waals surface area contributed by atoms with Gasteiger partial charge < -0.3 is 4.90 Å². The SMILES string of the molecule is O=C(c1ccccc1)N1CCN(Cc2ccccc2F)CC1. The molecule has 3 nitrogen and oxygen atoms in total. The van der Waals surface area contributed by atoms with Crippen molar-refractivity contribution in [2.24, 2.45) is 0 Å². The number of carbonyl (C=O) groups excluding carboxylic acids is 1. The molecule has 0 unspecified atom stereocenters. The zero-order valence-corrected chi connectivity index (χ0v) is 12.4. The van der Waals surface area contributed by atoms with Crippen molar-refractivity contribution in [1.29, 1.82) is 0 Å². The Morgan fingerprint density at radius 1 is 0.909 bits per heavy atom. The molecule has 1 aliphatic heterocycles. The minimum atomic E-state index is -0.162. The first-order valence-electron chi connectivity index (χ1n) is 7.54. The van der Waals surface area contributed by atoms with E-state index < -0.39 is 0 Å².